The first kappa shape index (κ1) is 10.5. The topological polar surface area (TPSA) is 12.5 Å². The molecule has 2 nitrogen and oxygen atoms in total. The summed E-state index contributed by atoms with van der Waals surface area (Å²) in [6.45, 7) is 6.25. The Labute approximate surface area is 64.5 Å². The van der Waals surface area contributed by atoms with Crippen LogP contribution in [0, 0.1) is 0 Å². The van der Waals surface area contributed by atoms with Gasteiger partial charge in [-0.25, -0.2) is 0 Å². The Morgan fingerprint density at radius 3 is 1.90 bits per heavy atom. The summed E-state index contributed by atoms with van der Waals surface area (Å²) in [7, 11) is -0.131. The predicted octanol–water partition coefficient (Wildman–Crippen LogP) is 2.60. The molecule has 0 saturated carbocycles. The Balaban J connectivity index is 3.94. The second-order valence-electron chi connectivity index (χ2n) is 3.10. The van der Waals surface area contributed by atoms with E-state index in [-0.39, 0.29) is 0 Å². The van der Waals surface area contributed by atoms with E-state index in [4.69, 9.17) is 0 Å². The maximum absolute atomic E-state index is 12.8. The van der Waals surface area contributed by atoms with Crippen LogP contribution in [0.25, 0.3) is 0 Å². The molecule has 0 aliphatic carbocycles. The summed E-state index contributed by atoms with van der Waals surface area (Å²) in [4.78, 5) is 0. The number of nitrogens with zero attached hydrogens (tertiary/aromatic N) is 1. The van der Waals surface area contributed by atoms with Crippen LogP contribution < -0.4 is 0 Å². The van der Waals surface area contributed by atoms with Gasteiger partial charge >= 0.3 is 0 Å². The molecule has 0 aromatic rings. The van der Waals surface area contributed by atoms with Gasteiger partial charge in [0.25, 0.3) is 8.61 Å². The van der Waals surface area contributed by atoms with Gasteiger partial charge in [0.15, 0.2) is 0 Å². The minimum atomic E-state index is -1.83. The van der Waals surface area contributed by atoms with Gasteiger partial charge in [-0.15, -0.1) is 0 Å². The van der Waals surface area contributed by atoms with Crippen molar-refractivity contribution in [1.82, 2.24) is 4.34 Å². The lowest BCUT2D eigenvalue weighted by Gasteiger charge is -2.29. The Kier molecular flexibility index (Phi) is 3.95. The van der Waals surface area contributed by atoms with Gasteiger partial charge in [-0.2, -0.15) is 4.20 Å². The number of halogens is 1. The lowest BCUT2D eigenvalue weighted by atomic mass is 11.6. The molecule has 1 atom stereocenters. The molecule has 62 valence electrons. The second-order valence-corrected chi connectivity index (χ2v) is 9.91. The zero-order chi connectivity index (χ0) is 8.36. The first-order chi connectivity index (χ1) is 4.39. The van der Waals surface area contributed by atoms with Crippen LogP contribution in [-0.4, -0.2) is 26.7 Å². The normalized spacial score (nSPS) is 15.9. The summed E-state index contributed by atoms with van der Waals surface area (Å²) in [6, 6.07) is 0. The summed E-state index contributed by atoms with van der Waals surface area (Å²) < 4.78 is 19.1. The van der Waals surface area contributed by atoms with E-state index in [0.29, 0.717) is 0 Å². The summed E-state index contributed by atoms with van der Waals surface area (Å²) >= 11 is 0. The van der Waals surface area contributed by atoms with Crippen LogP contribution >= 0.6 is 8.61 Å². The second kappa shape index (κ2) is 3.76. The fraction of sp³-hybridized carbons (Fsp3) is 1.00. The van der Waals surface area contributed by atoms with Crippen LogP contribution in [0.2, 0.25) is 19.6 Å². The van der Waals surface area contributed by atoms with Gasteiger partial charge in [0.2, 0.25) is 0 Å². The smallest absolute Gasteiger partial charge is 0.296 e. The minimum absolute atomic E-state index is 1.41. The Morgan fingerprint density at radius 2 is 1.80 bits per heavy atom. The standard InChI is InChI=1S/C5H15FNOPSi/c1-7(9(6)8-2)10(3,4)5/h1-5H3. The van der Waals surface area contributed by atoms with Gasteiger partial charge < -0.3 is 4.52 Å². The van der Waals surface area contributed by atoms with E-state index in [2.05, 4.69) is 24.2 Å². The van der Waals surface area contributed by atoms with Crippen LogP contribution in [0.5, 0.6) is 0 Å². The SMILES string of the molecule is COP(F)N(C)[Si](C)(C)C. The molecule has 0 aliphatic rings. The zero-order valence-corrected chi connectivity index (χ0v) is 9.08. The molecule has 0 amide bonds. The van der Waals surface area contributed by atoms with Crippen molar-refractivity contribution in [2.75, 3.05) is 14.2 Å². The van der Waals surface area contributed by atoms with Crippen molar-refractivity contribution in [3.8, 4) is 0 Å². The van der Waals surface area contributed by atoms with Crippen LogP contribution in [0.1, 0.15) is 0 Å². The number of hydrogen-bond donors (Lipinski definition) is 0. The fourth-order valence-corrected chi connectivity index (χ4v) is 2.74. The minimum Gasteiger partial charge on any atom is -0.322 e. The number of hydrogen-bond acceptors (Lipinski definition) is 2. The molecule has 0 rings (SSSR count). The molecule has 0 fully saturated rings. The van der Waals surface area contributed by atoms with E-state index in [1.54, 1.807) is 11.4 Å². The summed E-state index contributed by atoms with van der Waals surface area (Å²) in [5.41, 5.74) is 0. The van der Waals surface area contributed by atoms with E-state index < -0.39 is 16.8 Å². The maximum Gasteiger partial charge on any atom is 0.296 e. The van der Waals surface area contributed by atoms with E-state index in [0.717, 1.165) is 0 Å². The molecular weight excluding hydrogens is 168 g/mol. The quantitative estimate of drug-likeness (QED) is 0.492. The van der Waals surface area contributed by atoms with Crippen molar-refractivity contribution in [2.24, 2.45) is 0 Å². The third kappa shape index (κ3) is 3.06. The van der Waals surface area contributed by atoms with Crippen LogP contribution in [0.15, 0.2) is 0 Å². The highest BCUT2D eigenvalue weighted by atomic mass is 31.2. The molecule has 0 aromatic heterocycles. The number of rotatable bonds is 3. The average molecular weight is 183 g/mol. The Hall–Kier alpha value is 0.497. The van der Waals surface area contributed by atoms with Crippen LogP contribution in [-0.2, 0) is 4.52 Å². The molecule has 0 bridgehead atoms. The first-order valence-electron chi connectivity index (χ1n) is 3.13. The van der Waals surface area contributed by atoms with Gasteiger partial charge in [-0.1, -0.05) is 19.6 Å². The van der Waals surface area contributed by atoms with Crippen LogP contribution in [0.4, 0.5) is 4.20 Å². The molecule has 1 unspecified atom stereocenters. The maximum atomic E-state index is 12.8. The molecule has 10 heavy (non-hydrogen) atoms. The van der Waals surface area contributed by atoms with Crippen molar-refractivity contribution in [3.63, 3.8) is 0 Å². The van der Waals surface area contributed by atoms with E-state index in [1.807, 2.05) is 0 Å². The average Bonchev–Trinajstić information content (AvgIpc) is 1.83. The molecule has 0 heterocycles. The molecule has 0 spiro atoms. The highest BCUT2D eigenvalue weighted by Crippen LogP contribution is 2.43. The van der Waals surface area contributed by atoms with Gasteiger partial charge in [0.1, 0.15) is 8.24 Å². The van der Waals surface area contributed by atoms with Gasteiger partial charge in [-0.3, -0.25) is 4.34 Å². The third-order valence-corrected chi connectivity index (χ3v) is 6.34. The molecule has 0 saturated heterocycles. The molecule has 0 N–H and O–H groups in total. The van der Waals surface area contributed by atoms with Crippen LogP contribution in [0.3, 0.4) is 0 Å². The Bertz CT molecular complexity index is 108. The predicted molar refractivity (Wildman–Crippen MR) is 46.1 cm³/mol. The monoisotopic (exact) mass is 183 g/mol. The Morgan fingerprint density at radius 1 is 1.40 bits per heavy atom. The summed E-state index contributed by atoms with van der Waals surface area (Å²) in [5, 5.41) is 0. The lowest BCUT2D eigenvalue weighted by Crippen LogP contribution is -2.38. The lowest BCUT2D eigenvalue weighted by molar-refractivity contribution is 0.399. The van der Waals surface area contributed by atoms with Gasteiger partial charge in [0.05, 0.1) is 0 Å². The molecule has 0 aromatic carbocycles. The van der Waals surface area contributed by atoms with Crippen molar-refractivity contribution >= 4 is 16.8 Å². The van der Waals surface area contributed by atoms with E-state index in [9.17, 15) is 4.20 Å². The summed E-state index contributed by atoms with van der Waals surface area (Å²) in [6.07, 6.45) is 0. The van der Waals surface area contributed by atoms with E-state index >= 15 is 0 Å². The fourth-order valence-electron chi connectivity index (χ4n) is 0.358. The third-order valence-electron chi connectivity index (χ3n) is 1.36. The van der Waals surface area contributed by atoms with Crippen molar-refractivity contribution in [3.05, 3.63) is 0 Å². The van der Waals surface area contributed by atoms with Crippen molar-refractivity contribution in [2.45, 2.75) is 19.6 Å². The zero-order valence-electron chi connectivity index (χ0n) is 7.18. The highest BCUT2D eigenvalue weighted by molar-refractivity contribution is 7.46. The molecule has 5 heteroatoms. The van der Waals surface area contributed by atoms with Gasteiger partial charge in [-0.05, 0) is 7.05 Å². The van der Waals surface area contributed by atoms with Crippen molar-refractivity contribution < 1.29 is 8.72 Å². The summed E-state index contributed by atoms with van der Waals surface area (Å²) in [5.74, 6) is 0. The van der Waals surface area contributed by atoms with Crippen molar-refractivity contribution in [1.29, 1.82) is 0 Å². The van der Waals surface area contributed by atoms with E-state index in [1.165, 1.54) is 7.11 Å². The largest absolute Gasteiger partial charge is 0.322 e. The highest BCUT2D eigenvalue weighted by Gasteiger charge is 2.27. The molecule has 0 radical (unpaired) electrons. The van der Waals surface area contributed by atoms with Gasteiger partial charge in [0, 0.05) is 7.11 Å². The molecular formula is C5H15FNOPSi. The first-order valence-corrected chi connectivity index (χ1v) is 7.68. The molecule has 0 aliphatic heterocycles.